The molecule has 1 N–H and O–H groups in total. The van der Waals surface area contributed by atoms with E-state index in [1.165, 1.54) is 15.9 Å². The van der Waals surface area contributed by atoms with Gasteiger partial charge in [0.15, 0.2) is 0 Å². The minimum atomic E-state index is -4.69. The zero-order valence-electron chi connectivity index (χ0n) is 26.1. The minimum absolute atomic E-state index is 0.565. The zero-order chi connectivity index (χ0) is 33.5. The van der Waals surface area contributed by atoms with Crippen molar-refractivity contribution in [2.45, 2.75) is 6.92 Å². The molecule has 47 heavy (non-hydrogen) atoms. The number of hydrogen-bond donors (Lipinski definition) is 1. The van der Waals surface area contributed by atoms with Crippen molar-refractivity contribution in [1.29, 1.82) is 0 Å². The fourth-order valence-corrected chi connectivity index (χ4v) is 8.43. The van der Waals surface area contributed by atoms with Crippen LogP contribution in [0, 0.1) is 10.2 Å². The van der Waals surface area contributed by atoms with Crippen molar-refractivity contribution in [3.63, 3.8) is 0 Å². The lowest BCUT2D eigenvalue weighted by atomic mass is 10.1. The summed E-state index contributed by atoms with van der Waals surface area (Å²) in [7, 11) is -5.47. The summed E-state index contributed by atoms with van der Waals surface area (Å²) in [5, 5.41) is 3.61. The average molecular weight is 669 g/mol. The predicted octanol–water partition coefficient (Wildman–Crippen LogP) is 3.24. The van der Waals surface area contributed by atoms with Gasteiger partial charge in [0.05, 0.1) is 50.1 Å². The molecule has 0 unspecified atom stereocenters. The summed E-state index contributed by atoms with van der Waals surface area (Å²) >= 11 is 0. The summed E-state index contributed by atoms with van der Waals surface area (Å²) in [6, 6.07) is 50.4. The highest BCUT2D eigenvalue weighted by atomic mass is 35.7. The predicted molar refractivity (Wildman–Crippen MR) is 182 cm³/mol. The maximum absolute atomic E-state index is 8.60. The molecule has 5 aromatic rings. The number of hydrogen-bond acceptors (Lipinski definition) is 6. The van der Waals surface area contributed by atoms with E-state index in [1.54, 1.807) is 7.11 Å². The molecule has 5 rings (SSSR count). The Labute approximate surface area is 277 Å². The Balaban J connectivity index is 0.000000930. The number of methoxy groups -OCH3 is 1. The third-order valence-electron chi connectivity index (χ3n) is 6.89. The maximum atomic E-state index is 8.60. The van der Waals surface area contributed by atoms with Gasteiger partial charge in [-0.25, -0.2) is 0 Å². The van der Waals surface area contributed by atoms with Crippen LogP contribution in [0.15, 0.2) is 164 Å². The van der Waals surface area contributed by atoms with Crippen molar-refractivity contribution in [3.05, 3.63) is 175 Å². The molecule has 0 bridgehead atoms. The first kappa shape index (κ1) is 35.2. The summed E-state index contributed by atoms with van der Waals surface area (Å²) in [6.45, 7) is 2.56. The molecule has 0 radical (unpaired) electrons. The van der Waals surface area contributed by atoms with Crippen molar-refractivity contribution in [3.8, 4) is 5.75 Å². The molecule has 0 amide bonds. The van der Waals surface area contributed by atoms with Crippen LogP contribution in [0.4, 0.5) is 0 Å². The summed E-state index contributed by atoms with van der Waals surface area (Å²) in [5.74, 6) is 1.60. The average Bonchev–Trinajstić information content (AvgIpc) is 3.10. The fraction of sp³-hybridized carbons (Fsp3) is 0.0789. The molecule has 0 fully saturated rings. The van der Waals surface area contributed by atoms with Crippen molar-refractivity contribution in [1.82, 2.24) is 4.42 Å². The van der Waals surface area contributed by atoms with Crippen LogP contribution in [0.25, 0.3) is 5.76 Å². The van der Waals surface area contributed by atoms with Crippen LogP contribution in [0.5, 0.6) is 5.75 Å². The normalized spacial score (nSPS) is 11.7. The molecule has 0 saturated carbocycles. The van der Waals surface area contributed by atoms with Crippen molar-refractivity contribution >= 4 is 34.4 Å². The van der Waals surface area contributed by atoms with E-state index in [1.807, 2.05) is 49.4 Å². The van der Waals surface area contributed by atoms with E-state index in [4.69, 9.17) is 32.5 Å². The molecule has 240 valence electrons. The first-order valence-corrected chi connectivity index (χ1v) is 17.8. The van der Waals surface area contributed by atoms with Gasteiger partial charge in [0, 0.05) is 11.6 Å². The Hall–Kier alpha value is -4.68. The van der Waals surface area contributed by atoms with Gasteiger partial charge in [-0.1, -0.05) is 78.9 Å². The Morgan fingerprint density at radius 1 is 0.681 bits per heavy atom. The highest BCUT2D eigenvalue weighted by Crippen LogP contribution is 2.42. The van der Waals surface area contributed by atoms with E-state index in [2.05, 4.69) is 121 Å². The minimum Gasteiger partial charge on any atom is -0.497 e. The topological polar surface area (TPSA) is 122 Å². The molecule has 0 atom stereocenters. The van der Waals surface area contributed by atoms with Crippen LogP contribution < -0.4 is 39.0 Å². The number of halogens is 1. The molecule has 0 aliphatic rings. The monoisotopic (exact) mass is 668 g/mol. The van der Waals surface area contributed by atoms with Crippen molar-refractivity contribution < 1.29 is 38.4 Å². The first-order valence-electron chi connectivity index (χ1n) is 14.7. The third kappa shape index (κ3) is 10.2. The molecule has 7 nitrogen and oxygen atoms in total. The third-order valence-corrected chi connectivity index (χ3v) is 10.5. The maximum Gasteiger partial charge on any atom is 0.327 e. The van der Waals surface area contributed by atoms with Crippen molar-refractivity contribution in [2.24, 2.45) is 0 Å². The van der Waals surface area contributed by atoms with E-state index in [9.17, 15) is 0 Å². The summed E-state index contributed by atoms with van der Waals surface area (Å²) < 4.78 is 49.9. The molecular formula is C38H36ClNO6P+. The lowest BCUT2D eigenvalue weighted by Gasteiger charge is -2.15. The van der Waals surface area contributed by atoms with E-state index in [-0.39, 0.29) is 0 Å². The van der Waals surface area contributed by atoms with E-state index in [0.29, 0.717) is 6.61 Å². The van der Waals surface area contributed by atoms with E-state index >= 15 is 0 Å². The molecule has 0 aromatic heterocycles. The second-order valence-electron chi connectivity index (χ2n) is 9.94. The van der Waals surface area contributed by atoms with Gasteiger partial charge in [0.1, 0.15) is 11.5 Å². The lowest BCUT2D eigenvalue weighted by molar-refractivity contribution is -1.92. The van der Waals surface area contributed by atoms with Gasteiger partial charge in [-0.2, -0.15) is 14.0 Å². The fourth-order valence-electron chi connectivity index (χ4n) is 4.87. The highest BCUT2D eigenvalue weighted by molar-refractivity contribution is 7.87. The Morgan fingerprint density at radius 3 is 1.51 bits per heavy atom. The van der Waals surface area contributed by atoms with Gasteiger partial charge < -0.3 is 9.47 Å². The van der Waals surface area contributed by atoms with Crippen LogP contribution in [-0.2, 0) is 4.74 Å². The second-order valence-corrected chi connectivity index (χ2v) is 13.8. The molecule has 0 spiro atoms. The van der Waals surface area contributed by atoms with Gasteiger partial charge in [0.25, 0.3) is 0 Å². The lowest BCUT2D eigenvalue weighted by Crippen LogP contribution is -2.58. The van der Waals surface area contributed by atoms with Crippen LogP contribution in [0.3, 0.4) is 0 Å². The Kier molecular flexibility index (Phi) is 12.9. The summed E-state index contributed by atoms with van der Waals surface area (Å²) in [4.78, 5) is 0. The molecule has 5 aromatic carbocycles. The second kappa shape index (κ2) is 17.3. The largest absolute Gasteiger partial charge is 0.497 e. The molecule has 0 aliphatic carbocycles. The molecule has 0 heterocycles. The van der Waals surface area contributed by atoms with E-state index < -0.39 is 17.3 Å². The molecule has 9 heteroatoms. The standard InChI is InChI=1S/C38H35NO2P.ClHO4/c1-3-41-38(32-27-29-33(40-2)30-28-32)26-16-25-37(31-17-8-4-9-18-31)39-42(34-19-10-5-11-20-34,35-21-12-6-13-22-35)36-23-14-7-15-24-36;2-1(3,4)5/h4-30H,3H2,1-2H3;(H,2,3,4,5)/q+1;/b25-16?,38-26-;. The number of ether oxygens (including phenoxy) is 2. The number of nitrogens with zero attached hydrogens (tertiary/aromatic N) is 1. The van der Waals surface area contributed by atoms with Crippen molar-refractivity contribution in [2.75, 3.05) is 13.7 Å². The Bertz CT molecular complexity index is 1730. The van der Waals surface area contributed by atoms with Gasteiger partial charge in [-0.05, 0) is 85.8 Å². The van der Waals surface area contributed by atoms with Gasteiger partial charge in [-0.15, -0.1) is 4.42 Å². The number of rotatable bonds is 10. The van der Waals surface area contributed by atoms with Crippen LogP contribution in [-0.4, -0.2) is 24.1 Å². The quantitative estimate of drug-likeness (QED) is 0.0802. The smallest absolute Gasteiger partial charge is 0.327 e. The zero-order valence-corrected chi connectivity index (χ0v) is 27.7. The van der Waals surface area contributed by atoms with Gasteiger partial charge >= 0.3 is 12.8 Å². The summed E-state index contributed by atoms with van der Waals surface area (Å²) in [5.41, 5.74) is 2.94. The molecule has 0 aliphatic heterocycles. The van der Waals surface area contributed by atoms with E-state index in [0.717, 1.165) is 28.3 Å². The van der Waals surface area contributed by atoms with Gasteiger partial charge in [0.2, 0.25) is 0 Å². The molecule has 0 saturated heterocycles. The van der Waals surface area contributed by atoms with Gasteiger partial charge in [-0.3, -0.25) is 0 Å². The summed E-state index contributed by atoms with van der Waals surface area (Å²) in [6.07, 6.45) is 6.15. The Morgan fingerprint density at radius 2 is 1.11 bits per heavy atom. The van der Waals surface area contributed by atoms with Crippen LogP contribution in [0.2, 0.25) is 0 Å². The highest BCUT2D eigenvalue weighted by Gasteiger charge is 2.38. The number of benzene rings is 5. The number of allylic oxidation sites excluding steroid dienone is 3. The SMILES string of the molecule is CCO/C(=C\C=CC(=[N+]=P(c1ccccc1)(c1ccccc1)c1ccccc1)c1ccccc1)c1ccc(OC)cc1.[O-][Cl+3]([O-])([O-])O. The van der Waals surface area contributed by atoms with Crippen LogP contribution >= 0.6 is 7.05 Å². The molecular weight excluding hydrogens is 633 g/mol. The first-order chi connectivity index (χ1) is 22.7. The van der Waals surface area contributed by atoms with Crippen LogP contribution in [0.1, 0.15) is 18.1 Å².